The predicted molar refractivity (Wildman–Crippen MR) is 147 cm³/mol. The van der Waals surface area contributed by atoms with E-state index in [1.807, 2.05) is 29.2 Å². The van der Waals surface area contributed by atoms with E-state index in [0.717, 1.165) is 44.5 Å². The number of ether oxygens (including phenoxy) is 2. The normalized spacial score (nSPS) is 20.2. The molecule has 2 aliphatic rings. The summed E-state index contributed by atoms with van der Waals surface area (Å²) >= 11 is 6.30. The number of likely N-dealkylation sites (N-methyl/N-ethyl adjacent to an activating group) is 1. The summed E-state index contributed by atoms with van der Waals surface area (Å²) in [6.07, 6.45) is 8.69. The lowest BCUT2D eigenvalue weighted by Gasteiger charge is -2.38. The van der Waals surface area contributed by atoms with Crippen LogP contribution in [0.3, 0.4) is 0 Å². The summed E-state index contributed by atoms with van der Waals surface area (Å²) in [5.74, 6) is 0.827. The number of rotatable bonds is 12. The van der Waals surface area contributed by atoms with Crippen molar-refractivity contribution in [2.24, 2.45) is 11.8 Å². The zero-order chi connectivity index (χ0) is 26.5. The van der Waals surface area contributed by atoms with Crippen molar-refractivity contribution in [2.75, 3.05) is 46.4 Å². The Labute approximate surface area is 227 Å². The first-order valence-electron chi connectivity index (χ1n) is 13.9. The van der Waals surface area contributed by atoms with Gasteiger partial charge < -0.3 is 30.3 Å². The molecule has 3 rings (SSSR count). The molecule has 0 spiro atoms. The Morgan fingerprint density at radius 2 is 1.97 bits per heavy atom. The number of halogens is 1. The Morgan fingerprint density at radius 1 is 1.16 bits per heavy atom. The number of nitrogens with zero attached hydrogens (tertiary/aromatic N) is 1. The van der Waals surface area contributed by atoms with Crippen molar-refractivity contribution in [3.05, 3.63) is 34.9 Å². The van der Waals surface area contributed by atoms with Gasteiger partial charge in [0, 0.05) is 43.2 Å². The number of amides is 3. The molecule has 37 heavy (non-hydrogen) atoms. The van der Waals surface area contributed by atoms with E-state index in [4.69, 9.17) is 16.3 Å². The van der Waals surface area contributed by atoms with Gasteiger partial charge in [-0.2, -0.15) is 0 Å². The van der Waals surface area contributed by atoms with E-state index in [1.54, 1.807) is 0 Å². The number of alkyl carbamates (subject to hydrolysis) is 1. The van der Waals surface area contributed by atoms with Crippen LogP contribution >= 0.6 is 11.6 Å². The Morgan fingerprint density at radius 3 is 2.70 bits per heavy atom. The lowest BCUT2D eigenvalue weighted by Crippen LogP contribution is -2.52. The molecule has 0 aromatic heterocycles. The highest BCUT2D eigenvalue weighted by molar-refractivity contribution is 6.30. The van der Waals surface area contributed by atoms with Crippen LogP contribution in [0.25, 0.3) is 0 Å². The quantitative estimate of drug-likeness (QED) is 0.322. The number of nitrogens with one attached hydrogen (secondary N) is 3. The first-order valence-corrected chi connectivity index (χ1v) is 14.3. The van der Waals surface area contributed by atoms with Crippen LogP contribution in [-0.4, -0.2) is 69.5 Å². The summed E-state index contributed by atoms with van der Waals surface area (Å²) in [6.45, 7) is 5.83. The van der Waals surface area contributed by atoms with Crippen LogP contribution in [0.5, 0.6) is 0 Å². The Kier molecular flexibility index (Phi) is 12.8. The van der Waals surface area contributed by atoms with E-state index in [9.17, 15) is 9.59 Å². The molecule has 1 heterocycles. The topological polar surface area (TPSA) is 91.9 Å². The highest BCUT2D eigenvalue weighted by Crippen LogP contribution is 2.34. The molecule has 1 saturated carbocycles. The molecule has 208 valence electrons. The van der Waals surface area contributed by atoms with Crippen LogP contribution in [0, 0.1) is 11.8 Å². The highest BCUT2D eigenvalue weighted by atomic mass is 35.5. The summed E-state index contributed by atoms with van der Waals surface area (Å²) in [5, 5.41) is 10.1. The second kappa shape index (κ2) is 16.0. The molecule has 3 amide bonds. The molecule has 2 fully saturated rings. The maximum atomic E-state index is 13.4. The number of hydrogen-bond acceptors (Lipinski definition) is 5. The van der Waals surface area contributed by atoms with Crippen LogP contribution in [0.1, 0.15) is 70.0 Å². The van der Waals surface area contributed by atoms with Crippen molar-refractivity contribution >= 4 is 23.7 Å². The largest absolute Gasteiger partial charge is 0.453 e. The molecule has 0 bridgehead atoms. The average molecular weight is 537 g/mol. The van der Waals surface area contributed by atoms with E-state index in [2.05, 4.69) is 27.6 Å². The van der Waals surface area contributed by atoms with Crippen LogP contribution in [0.2, 0.25) is 5.02 Å². The minimum Gasteiger partial charge on any atom is -0.453 e. The summed E-state index contributed by atoms with van der Waals surface area (Å²) in [7, 11) is 1.34. The molecule has 1 aromatic carbocycles. The molecule has 1 aliphatic carbocycles. The van der Waals surface area contributed by atoms with Gasteiger partial charge in [-0.25, -0.2) is 9.59 Å². The average Bonchev–Trinajstić information content (AvgIpc) is 2.92. The third kappa shape index (κ3) is 9.98. The third-order valence-electron chi connectivity index (χ3n) is 7.52. The lowest BCUT2D eigenvalue weighted by molar-refractivity contribution is -0.00865. The van der Waals surface area contributed by atoms with Crippen LogP contribution < -0.4 is 16.0 Å². The third-order valence-corrected chi connectivity index (χ3v) is 7.75. The van der Waals surface area contributed by atoms with Gasteiger partial charge in [0.2, 0.25) is 0 Å². The molecule has 9 heteroatoms. The van der Waals surface area contributed by atoms with E-state index in [0.29, 0.717) is 30.6 Å². The van der Waals surface area contributed by atoms with Crippen molar-refractivity contribution in [2.45, 2.75) is 70.4 Å². The van der Waals surface area contributed by atoms with E-state index in [1.165, 1.54) is 39.2 Å². The Balaban J connectivity index is 1.62. The molecule has 1 saturated heterocycles. The van der Waals surface area contributed by atoms with Gasteiger partial charge >= 0.3 is 12.1 Å². The second-order valence-electron chi connectivity index (χ2n) is 10.3. The first-order chi connectivity index (χ1) is 18.0. The number of methoxy groups -OCH3 is 1. The first kappa shape index (κ1) is 29.5. The van der Waals surface area contributed by atoms with Gasteiger partial charge in [0.15, 0.2) is 0 Å². The second-order valence-corrected chi connectivity index (χ2v) is 10.7. The Hall–Kier alpha value is -2.03. The summed E-state index contributed by atoms with van der Waals surface area (Å²) in [6, 6.07) is 7.86. The molecule has 8 nitrogen and oxygen atoms in total. The molecular weight excluding hydrogens is 492 g/mol. The number of carbonyl (C=O) groups excluding carboxylic acids is 2. The number of likely N-dealkylation sites (tertiary alicyclic amines) is 1. The monoisotopic (exact) mass is 536 g/mol. The van der Waals surface area contributed by atoms with Gasteiger partial charge in [-0.1, -0.05) is 62.8 Å². The maximum absolute atomic E-state index is 13.4. The number of hydrogen-bond donors (Lipinski definition) is 3. The van der Waals surface area contributed by atoms with Gasteiger partial charge in [-0.05, 0) is 49.4 Å². The van der Waals surface area contributed by atoms with Gasteiger partial charge in [-0.15, -0.1) is 0 Å². The van der Waals surface area contributed by atoms with Gasteiger partial charge in [0.25, 0.3) is 0 Å². The highest BCUT2D eigenvalue weighted by Gasteiger charge is 2.32. The minimum absolute atomic E-state index is 0.0145. The van der Waals surface area contributed by atoms with Crippen LogP contribution in [0.4, 0.5) is 9.59 Å². The summed E-state index contributed by atoms with van der Waals surface area (Å²) < 4.78 is 10.9. The number of piperidine rings is 1. The van der Waals surface area contributed by atoms with Gasteiger partial charge in [-0.3, -0.25) is 0 Å². The van der Waals surface area contributed by atoms with Crippen LogP contribution in [-0.2, 0) is 9.47 Å². The van der Waals surface area contributed by atoms with Crippen molar-refractivity contribution in [1.29, 1.82) is 0 Å². The number of carbonyl (C=O) groups is 2. The van der Waals surface area contributed by atoms with E-state index < -0.39 is 6.09 Å². The molecule has 0 radical (unpaired) electrons. The molecule has 1 aliphatic heterocycles. The molecular formula is C28H45ClN4O4. The molecule has 1 unspecified atom stereocenters. The number of urea groups is 1. The maximum Gasteiger partial charge on any atom is 0.406 e. The van der Waals surface area contributed by atoms with Crippen molar-refractivity contribution in [3.8, 4) is 0 Å². The summed E-state index contributed by atoms with van der Waals surface area (Å²) in [5.41, 5.74) is 0.986. The van der Waals surface area contributed by atoms with Crippen molar-refractivity contribution in [1.82, 2.24) is 20.9 Å². The van der Waals surface area contributed by atoms with Crippen molar-refractivity contribution in [3.63, 3.8) is 0 Å². The Bertz CT molecular complexity index is 836. The predicted octanol–water partition coefficient (Wildman–Crippen LogP) is 5.12. The standard InChI is InChI=1S/C28H45ClN4O4/c1-3-30-19-25(17-21-9-5-4-6-10-21)32-27(34)33-15-8-12-23(20-33)26(22-11-7-13-24(29)18-22)37-16-14-31-28(35)36-2/h7,11,13,18,21,23,25-26,30H,3-6,8-10,12,14-17,19-20H2,1-2H3,(H,31,35)(H,32,34)/t23-,25+,26?/m1/s1. The van der Waals surface area contributed by atoms with Gasteiger partial charge in [0.1, 0.15) is 0 Å². The fourth-order valence-electron chi connectivity index (χ4n) is 5.64. The smallest absolute Gasteiger partial charge is 0.406 e. The summed E-state index contributed by atoms with van der Waals surface area (Å²) in [4.78, 5) is 26.8. The lowest BCUT2D eigenvalue weighted by atomic mass is 9.84. The molecule has 3 N–H and O–H groups in total. The minimum atomic E-state index is -0.483. The number of benzene rings is 1. The van der Waals surface area contributed by atoms with Crippen molar-refractivity contribution < 1.29 is 19.1 Å². The zero-order valence-electron chi connectivity index (χ0n) is 22.5. The molecule has 3 atom stereocenters. The van der Waals surface area contributed by atoms with Gasteiger partial charge in [0.05, 0.1) is 19.8 Å². The zero-order valence-corrected chi connectivity index (χ0v) is 23.2. The SMILES string of the molecule is CCNC[C@H](CC1CCCCC1)NC(=O)N1CCC[C@@H](C(OCCNC(=O)OC)c2cccc(Cl)c2)C1. The fraction of sp³-hybridized carbons (Fsp3) is 0.714. The molecule has 1 aromatic rings. The van der Waals surface area contributed by atoms with E-state index >= 15 is 0 Å². The van der Waals surface area contributed by atoms with E-state index in [-0.39, 0.29) is 24.1 Å². The fourth-order valence-corrected chi connectivity index (χ4v) is 5.84. The van der Waals surface area contributed by atoms with Crippen LogP contribution in [0.15, 0.2) is 24.3 Å².